The molecule has 0 saturated carbocycles. The lowest BCUT2D eigenvalue weighted by Crippen LogP contribution is -1.85. The summed E-state index contributed by atoms with van der Waals surface area (Å²) < 4.78 is 5.84. The van der Waals surface area contributed by atoms with Gasteiger partial charge in [-0.3, -0.25) is 0 Å². The number of aromatic nitrogens is 2. The molecule has 2 aromatic heterocycles. The van der Waals surface area contributed by atoms with Crippen molar-refractivity contribution in [3.63, 3.8) is 0 Å². The Kier molecular flexibility index (Phi) is 1.45. The fraction of sp³-hybridized carbons (Fsp3) is 0. The van der Waals surface area contributed by atoms with E-state index in [-0.39, 0.29) is 0 Å². The number of pyridine rings is 1. The summed E-state index contributed by atoms with van der Waals surface area (Å²) in [7, 11) is 0. The Labute approximate surface area is 75.9 Å². The zero-order chi connectivity index (χ0) is 7.84. The van der Waals surface area contributed by atoms with E-state index in [9.17, 15) is 0 Å². The van der Waals surface area contributed by atoms with Crippen LogP contribution < -0.4 is 5.73 Å². The molecule has 11 heavy (non-hydrogen) atoms. The SMILES string of the molecule is Nc1noc2nccc(I)c12. The van der Waals surface area contributed by atoms with E-state index in [1.165, 1.54) is 0 Å². The van der Waals surface area contributed by atoms with Gasteiger partial charge in [-0.1, -0.05) is 5.16 Å². The highest BCUT2D eigenvalue weighted by molar-refractivity contribution is 14.1. The third kappa shape index (κ3) is 0.953. The molecule has 0 fully saturated rings. The van der Waals surface area contributed by atoms with Crippen molar-refractivity contribution in [3.8, 4) is 0 Å². The van der Waals surface area contributed by atoms with Gasteiger partial charge in [0.25, 0.3) is 5.71 Å². The molecule has 2 rings (SSSR count). The zero-order valence-electron chi connectivity index (χ0n) is 5.41. The zero-order valence-corrected chi connectivity index (χ0v) is 7.57. The van der Waals surface area contributed by atoms with E-state index in [1.54, 1.807) is 6.20 Å². The van der Waals surface area contributed by atoms with Crippen LogP contribution in [0.5, 0.6) is 0 Å². The van der Waals surface area contributed by atoms with Gasteiger partial charge in [-0.25, -0.2) is 4.98 Å². The molecule has 2 heterocycles. The maximum Gasteiger partial charge on any atom is 0.260 e. The largest absolute Gasteiger partial charge is 0.380 e. The van der Waals surface area contributed by atoms with Crippen LogP contribution in [-0.4, -0.2) is 10.1 Å². The number of halogens is 1. The van der Waals surface area contributed by atoms with Crippen LogP contribution in [0.3, 0.4) is 0 Å². The molecule has 2 N–H and O–H groups in total. The summed E-state index contributed by atoms with van der Waals surface area (Å²) in [5, 5.41) is 4.39. The number of hydrogen-bond acceptors (Lipinski definition) is 4. The average Bonchev–Trinajstić information content (AvgIpc) is 2.34. The standard InChI is InChI=1S/C6H4IN3O/c7-3-1-2-9-6-4(3)5(8)10-11-6/h1-2H,(H2,8,10). The van der Waals surface area contributed by atoms with Crippen molar-refractivity contribution in [2.45, 2.75) is 0 Å². The maximum atomic E-state index is 5.53. The molecule has 0 bridgehead atoms. The monoisotopic (exact) mass is 261 g/mol. The van der Waals surface area contributed by atoms with Gasteiger partial charge in [0.2, 0.25) is 0 Å². The molecular formula is C6H4IN3O. The van der Waals surface area contributed by atoms with Crippen LogP contribution in [0.1, 0.15) is 0 Å². The molecule has 0 unspecified atom stereocenters. The Bertz CT molecular complexity index is 398. The van der Waals surface area contributed by atoms with Gasteiger partial charge in [-0.05, 0) is 28.7 Å². The minimum atomic E-state index is 0.400. The number of hydrogen-bond donors (Lipinski definition) is 1. The fourth-order valence-electron chi connectivity index (χ4n) is 0.860. The lowest BCUT2D eigenvalue weighted by molar-refractivity contribution is 0.452. The summed E-state index contributed by atoms with van der Waals surface area (Å²) >= 11 is 2.16. The first-order valence-corrected chi connectivity index (χ1v) is 4.02. The van der Waals surface area contributed by atoms with E-state index in [2.05, 4.69) is 32.7 Å². The number of rotatable bonds is 0. The first kappa shape index (κ1) is 6.84. The first-order valence-electron chi connectivity index (χ1n) is 2.94. The number of nitrogen functional groups attached to an aromatic ring is 1. The van der Waals surface area contributed by atoms with Crippen molar-refractivity contribution in [1.29, 1.82) is 0 Å². The van der Waals surface area contributed by atoms with Crippen LogP contribution in [-0.2, 0) is 0 Å². The first-order chi connectivity index (χ1) is 5.29. The van der Waals surface area contributed by atoms with Gasteiger partial charge in [0.15, 0.2) is 5.82 Å². The van der Waals surface area contributed by atoms with Crippen LogP contribution >= 0.6 is 22.6 Å². The van der Waals surface area contributed by atoms with E-state index in [1.807, 2.05) is 6.07 Å². The smallest absolute Gasteiger partial charge is 0.260 e. The predicted molar refractivity (Wildman–Crippen MR) is 48.9 cm³/mol. The van der Waals surface area contributed by atoms with Gasteiger partial charge >= 0.3 is 0 Å². The predicted octanol–water partition coefficient (Wildman–Crippen LogP) is 1.41. The van der Waals surface area contributed by atoms with Crippen molar-refractivity contribution in [1.82, 2.24) is 10.1 Å². The molecule has 5 heteroatoms. The van der Waals surface area contributed by atoms with Crippen LogP contribution in [0, 0.1) is 3.57 Å². The van der Waals surface area contributed by atoms with Crippen molar-refractivity contribution in [2.75, 3.05) is 5.73 Å². The molecular weight excluding hydrogens is 257 g/mol. The van der Waals surface area contributed by atoms with Crippen LogP contribution in [0.2, 0.25) is 0 Å². The highest BCUT2D eigenvalue weighted by atomic mass is 127. The lowest BCUT2D eigenvalue weighted by atomic mass is 10.3. The van der Waals surface area contributed by atoms with E-state index < -0.39 is 0 Å². The van der Waals surface area contributed by atoms with E-state index >= 15 is 0 Å². The third-order valence-electron chi connectivity index (χ3n) is 1.35. The van der Waals surface area contributed by atoms with Crippen molar-refractivity contribution in [3.05, 3.63) is 15.8 Å². The van der Waals surface area contributed by atoms with Crippen molar-refractivity contribution >= 4 is 39.5 Å². The molecule has 0 atom stereocenters. The molecule has 0 aliphatic rings. The van der Waals surface area contributed by atoms with Gasteiger partial charge < -0.3 is 10.3 Å². The van der Waals surface area contributed by atoms with E-state index in [4.69, 9.17) is 10.3 Å². The quantitative estimate of drug-likeness (QED) is 0.728. The summed E-state index contributed by atoms with van der Waals surface area (Å²) in [4.78, 5) is 3.95. The minimum absolute atomic E-state index is 0.400. The Balaban J connectivity index is 2.96. The molecule has 0 radical (unpaired) electrons. The Morgan fingerprint density at radius 3 is 3.09 bits per heavy atom. The highest BCUT2D eigenvalue weighted by Gasteiger charge is 2.07. The van der Waals surface area contributed by atoms with Gasteiger partial charge in [-0.15, -0.1) is 0 Å². The van der Waals surface area contributed by atoms with E-state index in [0.717, 1.165) is 8.96 Å². The molecule has 2 aromatic rings. The van der Waals surface area contributed by atoms with Crippen molar-refractivity contribution in [2.24, 2.45) is 0 Å². The third-order valence-corrected chi connectivity index (χ3v) is 2.25. The Hall–Kier alpha value is -0.850. The summed E-state index contributed by atoms with van der Waals surface area (Å²) in [6.07, 6.45) is 1.66. The number of fused-ring (bicyclic) bond motifs is 1. The second-order valence-corrected chi connectivity index (χ2v) is 3.20. The summed E-state index contributed by atoms with van der Waals surface area (Å²) in [5.74, 6) is 0.400. The molecule has 0 aromatic carbocycles. The van der Waals surface area contributed by atoms with Gasteiger partial charge in [0.05, 0.1) is 5.39 Å². The topological polar surface area (TPSA) is 64.9 Å². The average molecular weight is 261 g/mol. The fourth-order valence-corrected chi connectivity index (χ4v) is 1.53. The Morgan fingerprint density at radius 1 is 1.55 bits per heavy atom. The molecule has 0 saturated heterocycles. The molecule has 4 nitrogen and oxygen atoms in total. The summed E-state index contributed by atoms with van der Waals surface area (Å²) in [5.41, 5.74) is 6.02. The summed E-state index contributed by atoms with van der Waals surface area (Å²) in [6.45, 7) is 0. The van der Waals surface area contributed by atoms with Gasteiger partial charge in [-0.2, -0.15) is 0 Å². The van der Waals surface area contributed by atoms with Gasteiger partial charge in [0, 0.05) is 9.77 Å². The van der Waals surface area contributed by atoms with Gasteiger partial charge in [0.1, 0.15) is 0 Å². The molecule has 0 aliphatic heterocycles. The summed E-state index contributed by atoms with van der Waals surface area (Å²) in [6, 6.07) is 1.86. The highest BCUT2D eigenvalue weighted by Crippen LogP contribution is 2.23. The van der Waals surface area contributed by atoms with E-state index in [0.29, 0.717) is 11.5 Å². The minimum Gasteiger partial charge on any atom is -0.380 e. The second-order valence-electron chi connectivity index (χ2n) is 2.04. The number of anilines is 1. The van der Waals surface area contributed by atoms with Crippen LogP contribution in [0.4, 0.5) is 5.82 Å². The molecule has 0 amide bonds. The van der Waals surface area contributed by atoms with Crippen LogP contribution in [0.25, 0.3) is 11.1 Å². The molecule has 0 aliphatic carbocycles. The van der Waals surface area contributed by atoms with Crippen LogP contribution in [0.15, 0.2) is 16.8 Å². The lowest BCUT2D eigenvalue weighted by Gasteiger charge is -1.88. The number of nitrogens with zero attached hydrogens (tertiary/aromatic N) is 2. The number of nitrogens with two attached hydrogens (primary N) is 1. The molecule has 56 valence electrons. The second kappa shape index (κ2) is 2.33. The van der Waals surface area contributed by atoms with Crippen molar-refractivity contribution < 1.29 is 4.52 Å². The molecule has 0 spiro atoms. The maximum absolute atomic E-state index is 5.53. The Morgan fingerprint density at radius 2 is 2.36 bits per heavy atom. The normalized spacial score (nSPS) is 10.6.